The number of hydrogen-bond donors (Lipinski definition) is 2. The number of likely N-dealkylation sites (N-methyl/N-ethyl adjacent to an activating group) is 1. The molecule has 6 heteroatoms. The average Bonchev–Trinajstić information content (AvgIpc) is 2.63. The molecule has 0 saturated heterocycles. The zero-order valence-electron chi connectivity index (χ0n) is 16.1. The summed E-state index contributed by atoms with van der Waals surface area (Å²) in [4.78, 5) is 25.6. The molecule has 0 radical (unpaired) electrons. The molecule has 2 rings (SSSR count). The highest BCUT2D eigenvalue weighted by Gasteiger charge is 2.09. The SMILES string of the molecule is CC(C)CC(=O)Nc1ccc(NC(=O)N(C)CCOc2ccccc2)cc1. The third-order valence-corrected chi connectivity index (χ3v) is 3.80. The number of ether oxygens (including phenoxy) is 1. The lowest BCUT2D eigenvalue weighted by Gasteiger charge is -2.18. The van der Waals surface area contributed by atoms with Crippen LogP contribution >= 0.6 is 0 Å². The van der Waals surface area contributed by atoms with Crippen LogP contribution in [0.15, 0.2) is 54.6 Å². The second kappa shape index (κ2) is 10.2. The highest BCUT2D eigenvalue weighted by Crippen LogP contribution is 2.15. The quantitative estimate of drug-likeness (QED) is 0.732. The monoisotopic (exact) mass is 369 g/mol. The number of para-hydroxylation sites is 1. The first-order chi connectivity index (χ1) is 12.9. The van der Waals surface area contributed by atoms with Crippen molar-refractivity contribution in [1.82, 2.24) is 4.90 Å². The minimum Gasteiger partial charge on any atom is -0.492 e. The lowest BCUT2D eigenvalue weighted by Crippen LogP contribution is -2.34. The Balaban J connectivity index is 1.76. The van der Waals surface area contributed by atoms with Crippen molar-refractivity contribution >= 4 is 23.3 Å². The van der Waals surface area contributed by atoms with E-state index in [4.69, 9.17) is 4.74 Å². The van der Waals surface area contributed by atoms with Crippen LogP contribution in [0.3, 0.4) is 0 Å². The molecule has 144 valence electrons. The van der Waals surface area contributed by atoms with Crippen molar-refractivity contribution in [2.75, 3.05) is 30.8 Å². The second-order valence-electron chi connectivity index (χ2n) is 6.74. The molecule has 27 heavy (non-hydrogen) atoms. The number of nitrogens with zero attached hydrogens (tertiary/aromatic N) is 1. The van der Waals surface area contributed by atoms with Crippen molar-refractivity contribution in [2.45, 2.75) is 20.3 Å². The minimum absolute atomic E-state index is 0.0139. The van der Waals surface area contributed by atoms with Crippen LogP contribution in [0.5, 0.6) is 5.75 Å². The van der Waals surface area contributed by atoms with Crippen LogP contribution in [-0.2, 0) is 4.79 Å². The smallest absolute Gasteiger partial charge is 0.321 e. The number of urea groups is 1. The lowest BCUT2D eigenvalue weighted by atomic mass is 10.1. The van der Waals surface area contributed by atoms with Gasteiger partial charge in [-0.25, -0.2) is 4.79 Å². The van der Waals surface area contributed by atoms with E-state index in [9.17, 15) is 9.59 Å². The summed E-state index contributed by atoms with van der Waals surface area (Å²) in [6, 6.07) is 16.3. The van der Waals surface area contributed by atoms with E-state index in [1.165, 1.54) is 0 Å². The molecule has 2 aromatic carbocycles. The van der Waals surface area contributed by atoms with Gasteiger partial charge in [-0.05, 0) is 42.3 Å². The van der Waals surface area contributed by atoms with E-state index in [0.717, 1.165) is 5.75 Å². The predicted molar refractivity (Wildman–Crippen MR) is 108 cm³/mol. The topological polar surface area (TPSA) is 70.7 Å². The summed E-state index contributed by atoms with van der Waals surface area (Å²) in [6.45, 7) is 4.87. The van der Waals surface area contributed by atoms with Crippen molar-refractivity contribution in [3.8, 4) is 5.75 Å². The summed E-state index contributed by atoms with van der Waals surface area (Å²) in [5.41, 5.74) is 1.38. The van der Waals surface area contributed by atoms with Crippen LogP contribution < -0.4 is 15.4 Å². The molecular weight excluding hydrogens is 342 g/mol. The number of rotatable bonds is 8. The molecule has 0 bridgehead atoms. The minimum atomic E-state index is -0.219. The first kappa shape index (κ1) is 20.3. The highest BCUT2D eigenvalue weighted by molar-refractivity contribution is 5.92. The molecule has 0 fully saturated rings. The molecule has 0 atom stereocenters. The number of benzene rings is 2. The van der Waals surface area contributed by atoms with Crippen LogP contribution in [0.2, 0.25) is 0 Å². The van der Waals surface area contributed by atoms with Crippen molar-refractivity contribution in [3.05, 3.63) is 54.6 Å². The molecule has 2 aromatic rings. The third kappa shape index (κ3) is 7.40. The van der Waals surface area contributed by atoms with Gasteiger partial charge in [0.15, 0.2) is 0 Å². The van der Waals surface area contributed by atoms with Crippen LogP contribution in [0.4, 0.5) is 16.2 Å². The molecule has 0 aliphatic rings. The number of carbonyl (C=O) groups is 2. The molecule has 0 spiro atoms. The number of amides is 3. The van der Waals surface area contributed by atoms with Gasteiger partial charge in [0.05, 0.1) is 6.54 Å². The Hall–Kier alpha value is -3.02. The normalized spacial score (nSPS) is 10.4. The Morgan fingerprint density at radius 3 is 2.15 bits per heavy atom. The number of carbonyl (C=O) groups excluding carboxylic acids is 2. The largest absolute Gasteiger partial charge is 0.492 e. The van der Waals surface area contributed by atoms with Crippen LogP contribution in [0.25, 0.3) is 0 Å². The van der Waals surface area contributed by atoms with Gasteiger partial charge in [-0.1, -0.05) is 32.0 Å². The first-order valence-corrected chi connectivity index (χ1v) is 9.04. The summed E-state index contributed by atoms with van der Waals surface area (Å²) >= 11 is 0. The van der Waals surface area contributed by atoms with E-state index >= 15 is 0 Å². The second-order valence-corrected chi connectivity index (χ2v) is 6.74. The van der Waals surface area contributed by atoms with Gasteiger partial charge >= 0.3 is 6.03 Å². The molecular formula is C21H27N3O3. The van der Waals surface area contributed by atoms with Gasteiger partial charge in [-0.2, -0.15) is 0 Å². The summed E-state index contributed by atoms with van der Waals surface area (Å²) in [5.74, 6) is 1.08. The van der Waals surface area contributed by atoms with E-state index in [2.05, 4.69) is 10.6 Å². The Bertz CT molecular complexity index is 730. The zero-order chi connectivity index (χ0) is 19.6. The molecule has 0 aliphatic heterocycles. The van der Waals surface area contributed by atoms with Crippen LogP contribution in [0, 0.1) is 5.92 Å². The Kier molecular flexibility index (Phi) is 7.67. The van der Waals surface area contributed by atoms with Crippen molar-refractivity contribution in [2.24, 2.45) is 5.92 Å². The standard InChI is InChI=1S/C21H27N3O3/c1-16(2)15-20(25)22-17-9-11-18(12-10-17)23-21(26)24(3)13-14-27-19-7-5-4-6-8-19/h4-12,16H,13-15H2,1-3H3,(H,22,25)(H,23,26). The summed E-state index contributed by atoms with van der Waals surface area (Å²) in [7, 11) is 1.71. The molecule has 0 aromatic heterocycles. The maximum atomic E-state index is 12.2. The fourth-order valence-electron chi connectivity index (χ4n) is 2.36. The van der Waals surface area contributed by atoms with E-state index in [1.54, 1.807) is 36.2 Å². The summed E-state index contributed by atoms with van der Waals surface area (Å²) in [6.07, 6.45) is 0.480. The zero-order valence-corrected chi connectivity index (χ0v) is 16.1. The van der Waals surface area contributed by atoms with E-state index < -0.39 is 0 Å². The first-order valence-electron chi connectivity index (χ1n) is 9.04. The van der Waals surface area contributed by atoms with Gasteiger partial charge < -0.3 is 20.3 Å². The molecule has 0 saturated carbocycles. The Morgan fingerprint density at radius 2 is 1.56 bits per heavy atom. The van der Waals surface area contributed by atoms with Crippen molar-refractivity contribution < 1.29 is 14.3 Å². The third-order valence-electron chi connectivity index (χ3n) is 3.80. The van der Waals surface area contributed by atoms with Gasteiger partial charge in [0, 0.05) is 24.8 Å². The van der Waals surface area contributed by atoms with Crippen molar-refractivity contribution in [1.29, 1.82) is 0 Å². The summed E-state index contributed by atoms with van der Waals surface area (Å²) < 4.78 is 5.60. The van der Waals surface area contributed by atoms with Crippen LogP contribution in [-0.4, -0.2) is 37.0 Å². The molecule has 0 aliphatic carbocycles. The Labute approximate surface area is 160 Å². The fraction of sp³-hybridized carbons (Fsp3) is 0.333. The average molecular weight is 369 g/mol. The molecule has 3 amide bonds. The fourth-order valence-corrected chi connectivity index (χ4v) is 2.36. The van der Waals surface area contributed by atoms with E-state index in [0.29, 0.717) is 36.9 Å². The number of anilines is 2. The lowest BCUT2D eigenvalue weighted by molar-refractivity contribution is -0.116. The van der Waals surface area contributed by atoms with Gasteiger partial charge in [-0.15, -0.1) is 0 Å². The summed E-state index contributed by atoms with van der Waals surface area (Å²) in [5, 5.41) is 5.66. The van der Waals surface area contributed by atoms with E-state index in [-0.39, 0.29) is 11.9 Å². The predicted octanol–water partition coefficient (Wildman–Crippen LogP) is 4.21. The van der Waals surface area contributed by atoms with Gasteiger partial charge in [0.2, 0.25) is 5.91 Å². The number of nitrogens with one attached hydrogen (secondary N) is 2. The maximum absolute atomic E-state index is 12.2. The number of hydrogen-bond acceptors (Lipinski definition) is 3. The molecule has 0 unspecified atom stereocenters. The molecule has 2 N–H and O–H groups in total. The highest BCUT2D eigenvalue weighted by atomic mass is 16.5. The van der Waals surface area contributed by atoms with Crippen LogP contribution in [0.1, 0.15) is 20.3 Å². The van der Waals surface area contributed by atoms with Gasteiger partial charge in [0.1, 0.15) is 12.4 Å². The maximum Gasteiger partial charge on any atom is 0.321 e. The molecule has 0 heterocycles. The Morgan fingerprint density at radius 1 is 0.963 bits per heavy atom. The van der Waals surface area contributed by atoms with E-state index in [1.807, 2.05) is 44.2 Å². The van der Waals surface area contributed by atoms with Gasteiger partial charge in [-0.3, -0.25) is 4.79 Å². The van der Waals surface area contributed by atoms with Crippen molar-refractivity contribution in [3.63, 3.8) is 0 Å². The van der Waals surface area contributed by atoms with Gasteiger partial charge in [0.25, 0.3) is 0 Å². The molecule has 6 nitrogen and oxygen atoms in total.